The van der Waals surface area contributed by atoms with Gasteiger partial charge in [0.15, 0.2) is 0 Å². The van der Waals surface area contributed by atoms with Crippen molar-refractivity contribution in [1.82, 2.24) is 5.32 Å². The van der Waals surface area contributed by atoms with Gasteiger partial charge in [-0.2, -0.15) is 0 Å². The highest BCUT2D eigenvalue weighted by atomic mass is 16.1. The summed E-state index contributed by atoms with van der Waals surface area (Å²) in [6.45, 7) is 12.5. The molecule has 0 aromatic rings. The molecule has 0 atom stereocenters. The first-order valence-corrected chi connectivity index (χ1v) is 7.68. The fourth-order valence-electron chi connectivity index (χ4n) is 1.79. The second-order valence-electron chi connectivity index (χ2n) is 6.36. The average Bonchev–Trinajstić information content (AvgIpc) is 2.34. The highest BCUT2D eigenvalue weighted by Gasteiger charge is 2.08. The van der Waals surface area contributed by atoms with Crippen molar-refractivity contribution >= 4 is 5.91 Å². The average molecular weight is 277 g/mol. The summed E-state index contributed by atoms with van der Waals surface area (Å²) in [4.78, 5) is 11.7. The standard InChI is InChI=1S/C18H31NO/c1-6-8-14-17(20)19-16(12-7-2)13-10-9-11-15-18(3,4)5/h7,10,12-13H,2,6,8-9,11,14-15H2,1,3-5H3,(H,19,20)/b13-10-,16-12+. The second-order valence-corrected chi connectivity index (χ2v) is 6.36. The largest absolute Gasteiger partial charge is 0.326 e. The van der Waals surface area contributed by atoms with Gasteiger partial charge in [0.2, 0.25) is 5.91 Å². The maximum Gasteiger partial charge on any atom is 0.224 e. The molecule has 0 aliphatic rings. The van der Waals surface area contributed by atoms with Crippen LogP contribution in [0.5, 0.6) is 0 Å². The Balaban J connectivity index is 4.17. The van der Waals surface area contributed by atoms with E-state index >= 15 is 0 Å². The van der Waals surface area contributed by atoms with Crippen molar-refractivity contribution < 1.29 is 4.79 Å². The number of rotatable bonds is 9. The maximum absolute atomic E-state index is 11.7. The van der Waals surface area contributed by atoms with Crippen LogP contribution in [0.25, 0.3) is 0 Å². The molecule has 0 heterocycles. The summed E-state index contributed by atoms with van der Waals surface area (Å²) in [5.41, 5.74) is 1.22. The van der Waals surface area contributed by atoms with E-state index in [0.29, 0.717) is 11.8 Å². The van der Waals surface area contributed by atoms with E-state index in [1.54, 1.807) is 6.08 Å². The number of carbonyl (C=O) groups excluding carboxylic acids is 1. The summed E-state index contributed by atoms with van der Waals surface area (Å²) in [6, 6.07) is 0. The Bertz CT molecular complexity index is 345. The van der Waals surface area contributed by atoms with E-state index in [-0.39, 0.29) is 5.91 Å². The molecule has 0 radical (unpaired) electrons. The lowest BCUT2D eigenvalue weighted by Gasteiger charge is -2.16. The molecule has 2 heteroatoms. The molecule has 1 N–H and O–H groups in total. The number of amides is 1. The Morgan fingerprint density at radius 3 is 2.50 bits per heavy atom. The SMILES string of the molecule is C=C/C=C(\C=C/CCCC(C)(C)C)NC(=O)CCCC. The summed E-state index contributed by atoms with van der Waals surface area (Å²) in [7, 11) is 0. The molecule has 0 aliphatic carbocycles. The van der Waals surface area contributed by atoms with Gasteiger partial charge >= 0.3 is 0 Å². The molecule has 0 bridgehead atoms. The first-order valence-electron chi connectivity index (χ1n) is 7.68. The van der Waals surface area contributed by atoms with Crippen LogP contribution in [0, 0.1) is 5.41 Å². The van der Waals surface area contributed by atoms with Gasteiger partial charge in [0, 0.05) is 12.1 Å². The van der Waals surface area contributed by atoms with Crippen molar-refractivity contribution in [1.29, 1.82) is 0 Å². The second kappa shape index (κ2) is 10.5. The summed E-state index contributed by atoms with van der Waals surface area (Å²) in [6.07, 6.45) is 13.6. The molecule has 0 spiro atoms. The molecule has 0 saturated heterocycles. The van der Waals surface area contributed by atoms with Crippen molar-refractivity contribution in [2.75, 3.05) is 0 Å². The van der Waals surface area contributed by atoms with Crippen LogP contribution >= 0.6 is 0 Å². The van der Waals surface area contributed by atoms with Crippen LogP contribution in [0.2, 0.25) is 0 Å². The third-order valence-electron chi connectivity index (χ3n) is 2.93. The minimum Gasteiger partial charge on any atom is -0.326 e. The van der Waals surface area contributed by atoms with E-state index in [1.807, 2.05) is 12.2 Å². The van der Waals surface area contributed by atoms with E-state index < -0.39 is 0 Å². The molecule has 1 amide bonds. The minimum absolute atomic E-state index is 0.0827. The van der Waals surface area contributed by atoms with Gasteiger partial charge in [-0.25, -0.2) is 0 Å². The number of hydrogen-bond donors (Lipinski definition) is 1. The minimum atomic E-state index is 0.0827. The smallest absolute Gasteiger partial charge is 0.224 e. The molecular formula is C18H31NO. The zero-order valence-corrected chi connectivity index (χ0v) is 13.7. The molecule has 0 unspecified atom stereocenters. The topological polar surface area (TPSA) is 29.1 Å². The lowest BCUT2D eigenvalue weighted by atomic mass is 9.90. The van der Waals surface area contributed by atoms with Crippen molar-refractivity contribution in [3.05, 3.63) is 36.6 Å². The highest BCUT2D eigenvalue weighted by molar-refractivity contribution is 5.78. The van der Waals surface area contributed by atoms with E-state index in [0.717, 1.165) is 25.0 Å². The fraction of sp³-hybridized carbons (Fsp3) is 0.611. The van der Waals surface area contributed by atoms with E-state index in [2.05, 4.69) is 45.7 Å². The van der Waals surface area contributed by atoms with Crippen LogP contribution in [0.1, 0.15) is 66.2 Å². The molecule has 0 aliphatic heterocycles. The Morgan fingerprint density at radius 1 is 1.25 bits per heavy atom. The van der Waals surface area contributed by atoms with Crippen molar-refractivity contribution in [2.45, 2.75) is 66.2 Å². The third-order valence-corrected chi connectivity index (χ3v) is 2.93. The molecule has 0 fully saturated rings. The summed E-state index contributed by atoms with van der Waals surface area (Å²) < 4.78 is 0. The Morgan fingerprint density at radius 2 is 1.95 bits per heavy atom. The van der Waals surface area contributed by atoms with E-state index in [1.165, 1.54) is 12.8 Å². The lowest BCUT2D eigenvalue weighted by Crippen LogP contribution is -2.21. The molecule has 0 rings (SSSR count). The van der Waals surface area contributed by atoms with Crippen molar-refractivity contribution in [3.63, 3.8) is 0 Å². The predicted octanol–water partition coefficient (Wildman–Crippen LogP) is 5.14. The predicted molar refractivity (Wildman–Crippen MR) is 88.4 cm³/mol. The van der Waals surface area contributed by atoms with Crippen molar-refractivity contribution in [3.8, 4) is 0 Å². The summed E-state index contributed by atoms with van der Waals surface area (Å²) in [5.74, 6) is 0.0827. The Labute approximate surface area is 125 Å². The van der Waals surface area contributed by atoms with Gasteiger partial charge in [-0.05, 0) is 43.3 Å². The van der Waals surface area contributed by atoms with Gasteiger partial charge in [-0.1, -0.05) is 52.8 Å². The van der Waals surface area contributed by atoms with Gasteiger partial charge in [-0.15, -0.1) is 0 Å². The molecule has 20 heavy (non-hydrogen) atoms. The number of nitrogens with one attached hydrogen (secondary N) is 1. The summed E-state index contributed by atoms with van der Waals surface area (Å²) in [5, 5.41) is 2.92. The number of unbranched alkanes of at least 4 members (excludes halogenated alkanes) is 2. The number of allylic oxidation sites excluding steroid dienone is 4. The Kier molecular flexibility index (Phi) is 9.79. The first kappa shape index (κ1) is 18.7. The van der Waals surface area contributed by atoms with Crippen LogP contribution in [-0.2, 0) is 4.79 Å². The van der Waals surface area contributed by atoms with Crippen LogP contribution in [0.4, 0.5) is 0 Å². The third kappa shape index (κ3) is 11.8. The normalized spacial score (nSPS) is 12.7. The maximum atomic E-state index is 11.7. The van der Waals surface area contributed by atoms with Crippen LogP contribution < -0.4 is 5.32 Å². The number of carbonyl (C=O) groups is 1. The van der Waals surface area contributed by atoms with Crippen LogP contribution in [0.15, 0.2) is 36.6 Å². The highest BCUT2D eigenvalue weighted by Crippen LogP contribution is 2.21. The molecule has 0 aromatic heterocycles. The summed E-state index contributed by atoms with van der Waals surface area (Å²) >= 11 is 0. The van der Waals surface area contributed by atoms with Gasteiger partial charge in [0.25, 0.3) is 0 Å². The van der Waals surface area contributed by atoms with Gasteiger partial charge < -0.3 is 5.32 Å². The fourth-order valence-corrected chi connectivity index (χ4v) is 1.79. The van der Waals surface area contributed by atoms with Crippen LogP contribution in [0.3, 0.4) is 0 Å². The monoisotopic (exact) mass is 277 g/mol. The molecule has 0 aromatic carbocycles. The zero-order chi connectivity index (χ0) is 15.4. The Hall–Kier alpha value is -1.31. The molecular weight excluding hydrogens is 246 g/mol. The van der Waals surface area contributed by atoms with E-state index in [9.17, 15) is 4.79 Å². The molecule has 0 saturated carbocycles. The molecule has 114 valence electrons. The van der Waals surface area contributed by atoms with Gasteiger partial charge in [0.1, 0.15) is 0 Å². The number of hydrogen-bond acceptors (Lipinski definition) is 1. The lowest BCUT2D eigenvalue weighted by molar-refractivity contribution is -0.120. The van der Waals surface area contributed by atoms with Crippen molar-refractivity contribution in [2.24, 2.45) is 5.41 Å². The molecule has 2 nitrogen and oxygen atoms in total. The van der Waals surface area contributed by atoms with Gasteiger partial charge in [-0.3, -0.25) is 4.79 Å². The zero-order valence-electron chi connectivity index (χ0n) is 13.7. The van der Waals surface area contributed by atoms with Gasteiger partial charge in [0.05, 0.1) is 0 Å². The van der Waals surface area contributed by atoms with Crippen LogP contribution in [-0.4, -0.2) is 5.91 Å². The first-order chi connectivity index (χ1) is 9.39. The quantitative estimate of drug-likeness (QED) is 0.459. The van der Waals surface area contributed by atoms with E-state index in [4.69, 9.17) is 0 Å².